The number of nitrogens with two attached hydrogens (primary N) is 1. The number of rotatable bonds is 5. The quantitative estimate of drug-likeness (QED) is 0.922. The largest absolute Gasteiger partial charge is 0.497 e. The van der Waals surface area contributed by atoms with Gasteiger partial charge in [-0.25, -0.2) is 0 Å². The minimum absolute atomic E-state index is 0.146. The molecule has 1 aliphatic heterocycles. The lowest BCUT2D eigenvalue weighted by Gasteiger charge is -2.24. The van der Waals surface area contributed by atoms with Gasteiger partial charge < -0.3 is 15.2 Å². The van der Waals surface area contributed by atoms with Gasteiger partial charge >= 0.3 is 0 Å². The van der Waals surface area contributed by atoms with Gasteiger partial charge in [0.2, 0.25) is 0 Å². The van der Waals surface area contributed by atoms with Crippen LogP contribution >= 0.6 is 0 Å². The molecule has 0 aromatic heterocycles. The van der Waals surface area contributed by atoms with Crippen LogP contribution in [0.2, 0.25) is 0 Å². The van der Waals surface area contributed by atoms with Crippen molar-refractivity contribution in [1.29, 1.82) is 0 Å². The van der Waals surface area contributed by atoms with Crippen LogP contribution in [0.1, 0.15) is 18.0 Å². The predicted octanol–water partition coefficient (Wildman–Crippen LogP) is 2.97. The van der Waals surface area contributed by atoms with Crippen molar-refractivity contribution in [2.75, 3.05) is 25.8 Å². The molecular formula is C18H21N3O2. The molecule has 1 unspecified atom stereocenters. The van der Waals surface area contributed by atoms with E-state index in [1.165, 1.54) is 5.56 Å². The van der Waals surface area contributed by atoms with Crippen molar-refractivity contribution in [3.63, 3.8) is 0 Å². The van der Waals surface area contributed by atoms with Crippen LogP contribution in [0.25, 0.3) is 0 Å². The number of ether oxygens (including phenoxy) is 2. The summed E-state index contributed by atoms with van der Waals surface area (Å²) in [5.74, 6) is 1.68. The Morgan fingerprint density at radius 2 is 1.57 bits per heavy atom. The molecule has 5 nitrogen and oxygen atoms in total. The van der Waals surface area contributed by atoms with E-state index in [4.69, 9.17) is 15.2 Å². The molecule has 0 saturated carbocycles. The van der Waals surface area contributed by atoms with Gasteiger partial charge in [-0.1, -0.05) is 12.1 Å². The molecule has 1 atom stereocenters. The Kier molecular flexibility index (Phi) is 4.48. The predicted molar refractivity (Wildman–Crippen MR) is 92.3 cm³/mol. The second kappa shape index (κ2) is 6.71. The summed E-state index contributed by atoms with van der Waals surface area (Å²) in [6.07, 6.45) is 0.828. The molecule has 3 rings (SSSR count). The average Bonchev–Trinajstić information content (AvgIpc) is 3.06. The Bertz CT molecular complexity index is 680. The monoisotopic (exact) mass is 311 g/mol. The molecule has 120 valence electrons. The minimum Gasteiger partial charge on any atom is -0.497 e. The van der Waals surface area contributed by atoms with E-state index in [9.17, 15) is 0 Å². The first-order valence-electron chi connectivity index (χ1n) is 7.59. The standard InChI is InChI=1S/C18H21N3O2/c1-22-16-7-3-13(4-8-16)18-11-14(12-19)20-21(18)15-5-9-17(23-2)10-6-15/h3-10,18H,11-12,19H2,1-2H3. The molecule has 0 fully saturated rings. The normalized spacial score (nSPS) is 17.1. The summed E-state index contributed by atoms with van der Waals surface area (Å²) < 4.78 is 10.5. The number of hydrogen-bond acceptors (Lipinski definition) is 5. The molecule has 0 radical (unpaired) electrons. The first-order valence-corrected chi connectivity index (χ1v) is 7.59. The van der Waals surface area contributed by atoms with Crippen LogP contribution in [-0.4, -0.2) is 26.5 Å². The van der Waals surface area contributed by atoms with Crippen molar-refractivity contribution in [1.82, 2.24) is 0 Å². The van der Waals surface area contributed by atoms with Gasteiger partial charge in [-0.15, -0.1) is 0 Å². The lowest BCUT2D eigenvalue weighted by atomic mass is 10.0. The van der Waals surface area contributed by atoms with Crippen molar-refractivity contribution in [3.05, 3.63) is 54.1 Å². The van der Waals surface area contributed by atoms with Gasteiger partial charge in [-0.2, -0.15) is 5.10 Å². The Labute approximate surface area is 136 Å². The fourth-order valence-corrected chi connectivity index (χ4v) is 2.75. The van der Waals surface area contributed by atoms with Crippen molar-refractivity contribution in [3.8, 4) is 11.5 Å². The van der Waals surface area contributed by atoms with Crippen LogP contribution < -0.4 is 20.2 Å². The molecule has 1 aliphatic rings. The molecular weight excluding hydrogens is 290 g/mol. The molecule has 1 heterocycles. The number of benzene rings is 2. The maximum atomic E-state index is 5.81. The average molecular weight is 311 g/mol. The van der Waals surface area contributed by atoms with Crippen molar-refractivity contribution in [2.45, 2.75) is 12.5 Å². The first kappa shape index (κ1) is 15.4. The van der Waals surface area contributed by atoms with Crippen molar-refractivity contribution in [2.24, 2.45) is 10.8 Å². The summed E-state index contributed by atoms with van der Waals surface area (Å²) in [7, 11) is 3.33. The number of methoxy groups -OCH3 is 2. The maximum Gasteiger partial charge on any atom is 0.119 e. The third-order valence-corrected chi connectivity index (χ3v) is 4.05. The van der Waals surface area contributed by atoms with Gasteiger partial charge in [0.05, 0.1) is 31.7 Å². The van der Waals surface area contributed by atoms with Gasteiger partial charge in [0, 0.05) is 13.0 Å². The minimum atomic E-state index is 0.146. The van der Waals surface area contributed by atoms with Crippen LogP contribution in [0.3, 0.4) is 0 Å². The Hall–Kier alpha value is -2.53. The van der Waals surface area contributed by atoms with Gasteiger partial charge in [0.1, 0.15) is 11.5 Å². The molecule has 23 heavy (non-hydrogen) atoms. The summed E-state index contributed by atoms with van der Waals surface area (Å²) in [6.45, 7) is 0.472. The molecule has 2 aromatic carbocycles. The summed E-state index contributed by atoms with van der Waals surface area (Å²) in [4.78, 5) is 0. The number of hydrazone groups is 1. The van der Waals surface area contributed by atoms with Gasteiger partial charge in [-0.3, -0.25) is 5.01 Å². The Balaban J connectivity index is 1.91. The molecule has 0 bridgehead atoms. The van der Waals surface area contributed by atoms with Gasteiger partial charge in [0.15, 0.2) is 0 Å². The van der Waals surface area contributed by atoms with Crippen LogP contribution in [0.4, 0.5) is 5.69 Å². The van der Waals surface area contributed by atoms with Crippen LogP contribution in [0.5, 0.6) is 11.5 Å². The maximum absolute atomic E-state index is 5.81. The highest BCUT2D eigenvalue weighted by molar-refractivity contribution is 5.90. The lowest BCUT2D eigenvalue weighted by Crippen LogP contribution is -2.18. The molecule has 2 N–H and O–H groups in total. The number of nitrogens with zero attached hydrogens (tertiary/aromatic N) is 2. The van der Waals surface area contributed by atoms with E-state index in [1.807, 2.05) is 41.4 Å². The molecule has 0 aliphatic carbocycles. The Morgan fingerprint density at radius 3 is 2.09 bits per heavy atom. The molecule has 0 saturated heterocycles. The third kappa shape index (κ3) is 3.14. The second-order valence-corrected chi connectivity index (χ2v) is 5.41. The van der Waals surface area contributed by atoms with Crippen molar-refractivity contribution < 1.29 is 9.47 Å². The van der Waals surface area contributed by atoms with Crippen LogP contribution in [-0.2, 0) is 0 Å². The fourth-order valence-electron chi connectivity index (χ4n) is 2.75. The highest BCUT2D eigenvalue weighted by Crippen LogP contribution is 2.36. The zero-order valence-electron chi connectivity index (χ0n) is 13.4. The molecule has 0 spiro atoms. The molecule has 5 heteroatoms. The summed E-state index contributed by atoms with van der Waals surface area (Å²) in [5, 5.41) is 6.72. The zero-order valence-corrected chi connectivity index (χ0v) is 13.4. The van der Waals surface area contributed by atoms with E-state index in [2.05, 4.69) is 17.2 Å². The summed E-state index contributed by atoms with van der Waals surface area (Å²) in [5.41, 5.74) is 9.02. The van der Waals surface area contributed by atoms with E-state index >= 15 is 0 Å². The van der Waals surface area contributed by atoms with E-state index < -0.39 is 0 Å². The second-order valence-electron chi connectivity index (χ2n) is 5.41. The van der Waals surface area contributed by atoms with Gasteiger partial charge in [-0.05, 0) is 42.0 Å². The SMILES string of the molecule is COc1ccc(C2CC(CN)=NN2c2ccc(OC)cc2)cc1. The summed E-state index contributed by atoms with van der Waals surface area (Å²) >= 11 is 0. The highest BCUT2D eigenvalue weighted by Gasteiger charge is 2.28. The Morgan fingerprint density at radius 1 is 1.00 bits per heavy atom. The summed E-state index contributed by atoms with van der Waals surface area (Å²) in [6, 6.07) is 16.2. The van der Waals surface area contributed by atoms with Crippen LogP contribution in [0.15, 0.2) is 53.6 Å². The number of hydrogen-bond donors (Lipinski definition) is 1. The molecule has 0 amide bonds. The van der Waals surface area contributed by atoms with E-state index in [0.717, 1.165) is 29.3 Å². The van der Waals surface area contributed by atoms with Crippen molar-refractivity contribution >= 4 is 11.4 Å². The molecule has 2 aromatic rings. The smallest absolute Gasteiger partial charge is 0.119 e. The topological polar surface area (TPSA) is 60.1 Å². The van der Waals surface area contributed by atoms with E-state index in [0.29, 0.717) is 6.54 Å². The number of anilines is 1. The van der Waals surface area contributed by atoms with E-state index in [-0.39, 0.29) is 6.04 Å². The lowest BCUT2D eigenvalue weighted by molar-refractivity contribution is 0.414. The third-order valence-electron chi connectivity index (χ3n) is 4.05. The van der Waals surface area contributed by atoms with Gasteiger partial charge in [0.25, 0.3) is 0 Å². The highest BCUT2D eigenvalue weighted by atomic mass is 16.5. The zero-order chi connectivity index (χ0) is 16.2. The first-order chi connectivity index (χ1) is 11.2. The van der Waals surface area contributed by atoms with Crippen LogP contribution in [0, 0.1) is 0 Å². The fraction of sp³-hybridized carbons (Fsp3) is 0.278. The van der Waals surface area contributed by atoms with E-state index in [1.54, 1.807) is 14.2 Å².